The van der Waals surface area contributed by atoms with Crippen molar-refractivity contribution >= 4 is 42.8 Å². The maximum absolute atomic E-state index is 12.6. The molecule has 0 fully saturated rings. The summed E-state index contributed by atoms with van der Waals surface area (Å²) >= 11 is 11.2. The molecule has 0 bridgehead atoms. The van der Waals surface area contributed by atoms with Gasteiger partial charge in [-0.3, -0.25) is 0 Å². The standard InChI is InChI=1S/C10H6Cl2N6O2S/c11-1-7(9-15-3-13-4-16-9)21(19,20)8(2-12)10-17-5-14-6-18-10/h1-6H. The van der Waals surface area contributed by atoms with Crippen molar-refractivity contribution in [3.05, 3.63) is 48.0 Å². The third-order valence-electron chi connectivity index (χ3n) is 2.20. The summed E-state index contributed by atoms with van der Waals surface area (Å²) in [7, 11) is -4.12. The fraction of sp³-hybridized carbons (Fsp3) is 0. The zero-order chi connectivity index (χ0) is 15.3. The molecular weight excluding hydrogens is 339 g/mol. The fourth-order valence-corrected chi connectivity index (χ4v) is 3.37. The monoisotopic (exact) mass is 344 g/mol. The van der Waals surface area contributed by atoms with Gasteiger partial charge in [0.1, 0.15) is 35.1 Å². The largest absolute Gasteiger partial charge is 0.225 e. The van der Waals surface area contributed by atoms with E-state index in [2.05, 4.69) is 29.9 Å². The minimum Gasteiger partial charge on any atom is -0.225 e. The van der Waals surface area contributed by atoms with Crippen LogP contribution in [-0.2, 0) is 9.84 Å². The van der Waals surface area contributed by atoms with Gasteiger partial charge in [0, 0.05) is 11.1 Å². The summed E-state index contributed by atoms with van der Waals surface area (Å²) in [4.78, 5) is 21.5. The van der Waals surface area contributed by atoms with Crippen LogP contribution >= 0.6 is 23.2 Å². The highest BCUT2D eigenvalue weighted by molar-refractivity contribution is 8.09. The molecule has 0 N–H and O–H groups in total. The summed E-state index contributed by atoms with van der Waals surface area (Å²) in [6, 6.07) is 0. The van der Waals surface area contributed by atoms with Gasteiger partial charge in [-0.05, 0) is 0 Å². The lowest BCUT2D eigenvalue weighted by molar-refractivity contribution is 0.614. The predicted molar refractivity (Wildman–Crippen MR) is 76.2 cm³/mol. The van der Waals surface area contributed by atoms with Crippen LogP contribution in [0.1, 0.15) is 11.6 Å². The van der Waals surface area contributed by atoms with Crippen LogP contribution in [0.15, 0.2) is 36.4 Å². The lowest BCUT2D eigenvalue weighted by Crippen LogP contribution is -2.10. The highest BCUT2D eigenvalue weighted by atomic mass is 35.5. The average Bonchev–Trinajstić information content (AvgIpc) is 2.50. The van der Waals surface area contributed by atoms with Crippen LogP contribution in [0, 0.1) is 0 Å². The molecule has 11 heteroatoms. The Balaban J connectivity index is 2.55. The van der Waals surface area contributed by atoms with Gasteiger partial charge in [0.05, 0.1) is 0 Å². The Morgan fingerprint density at radius 2 is 1.14 bits per heavy atom. The van der Waals surface area contributed by atoms with Crippen LogP contribution in [0.3, 0.4) is 0 Å². The van der Waals surface area contributed by atoms with Crippen LogP contribution < -0.4 is 0 Å². The van der Waals surface area contributed by atoms with Crippen molar-refractivity contribution in [3.8, 4) is 0 Å². The average molecular weight is 345 g/mol. The van der Waals surface area contributed by atoms with Gasteiger partial charge in [0.15, 0.2) is 11.6 Å². The molecule has 0 unspecified atom stereocenters. The molecule has 2 aromatic rings. The number of aromatic nitrogens is 6. The van der Waals surface area contributed by atoms with Crippen molar-refractivity contribution in [2.75, 3.05) is 0 Å². The van der Waals surface area contributed by atoms with Crippen LogP contribution in [0.5, 0.6) is 0 Å². The first-order chi connectivity index (χ1) is 10.1. The number of sulfone groups is 1. The molecule has 0 aliphatic carbocycles. The molecular formula is C10H6Cl2N6O2S. The third kappa shape index (κ3) is 3.20. The van der Waals surface area contributed by atoms with Crippen molar-refractivity contribution in [1.29, 1.82) is 0 Å². The summed E-state index contributed by atoms with van der Waals surface area (Å²) in [6.45, 7) is 0. The van der Waals surface area contributed by atoms with Crippen LogP contribution in [-0.4, -0.2) is 38.3 Å². The number of hydrogen-bond acceptors (Lipinski definition) is 8. The Kier molecular flexibility index (Phi) is 4.89. The van der Waals surface area contributed by atoms with E-state index in [1.165, 1.54) is 0 Å². The zero-order valence-electron chi connectivity index (χ0n) is 10.1. The molecule has 21 heavy (non-hydrogen) atoms. The van der Waals surface area contributed by atoms with Gasteiger partial charge in [-0.15, -0.1) is 0 Å². The minimum absolute atomic E-state index is 0.120. The Morgan fingerprint density at radius 1 is 0.810 bits per heavy atom. The summed E-state index contributed by atoms with van der Waals surface area (Å²) in [5.74, 6) is -0.241. The van der Waals surface area contributed by atoms with Crippen molar-refractivity contribution in [2.24, 2.45) is 0 Å². The van der Waals surface area contributed by atoms with E-state index in [1.54, 1.807) is 0 Å². The molecule has 2 rings (SSSR count). The van der Waals surface area contributed by atoms with Gasteiger partial charge >= 0.3 is 0 Å². The Bertz CT molecular complexity index is 718. The first-order valence-electron chi connectivity index (χ1n) is 5.22. The lowest BCUT2D eigenvalue weighted by atomic mass is 10.6. The zero-order valence-corrected chi connectivity index (χ0v) is 12.5. The van der Waals surface area contributed by atoms with E-state index in [9.17, 15) is 8.42 Å². The molecule has 0 saturated carbocycles. The fourth-order valence-electron chi connectivity index (χ4n) is 1.31. The normalized spacial score (nSPS) is 13.2. The van der Waals surface area contributed by atoms with Gasteiger partial charge in [-0.2, -0.15) is 0 Å². The van der Waals surface area contributed by atoms with Crippen molar-refractivity contribution in [1.82, 2.24) is 29.9 Å². The summed E-state index contributed by atoms with van der Waals surface area (Å²) in [6.07, 6.45) is 4.58. The van der Waals surface area contributed by atoms with Gasteiger partial charge in [0.2, 0.25) is 9.84 Å². The topological polar surface area (TPSA) is 111 Å². The van der Waals surface area contributed by atoms with Gasteiger partial charge in [0.25, 0.3) is 0 Å². The van der Waals surface area contributed by atoms with Gasteiger partial charge < -0.3 is 0 Å². The summed E-state index contributed by atoms with van der Waals surface area (Å²) < 4.78 is 25.2. The van der Waals surface area contributed by atoms with Crippen LogP contribution in [0.2, 0.25) is 0 Å². The molecule has 0 atom stereocenters. The summed E-state index contributed by atoms with van der Waals surface area (Å²) in [5, 5.41) is 0. The first-order valence-corrected chi connectivity index (χ1v) is 7.57. The maximum atomic E-state index is 12.6. The second-order valence-electron chi connectivity index (χ2n) is 3.37. The van der Waals surface area contributed by atoms with E-state index in [4.69, 9.17) is 23.2 Å². The molecule has 2 aromatic heterocycles. The molecule has 0 aliphatic rings. The highest BCUT2D eigenvalue weighted by Crippen LogP contribution is 2.30. The molecule has 2 heterocycles. The second kappa shape index (κ2) is 6.66. The van der Waals surface area contributed by atoms with E-state index in [0.717, 1.165) is 36.4 Å². The number of halogens is 2. The molecule has 0 saturated heterocycles. The number of hydrogen-bond donors (Lipinski definition) is 0. The van der Waals surface area contributed by atoms with Gasteiger partial charge in [-0.25, -0.2) is 38.3 Å². The van der Waals surface area contributed by atoms with E-state index in [1.807, 2.05) is 0 Å². The quantitative estimate of drug-likeness (QED) is 0.814. The van der Waals surface area contributed by atoms with Crippen LogP contribution in [0.4, 0.5) is 0 Å². The Labute approximate surface area is 129 Å². The molecule has 0 radical (unpaired) electrons. The predicted octanol–water partition coefficient (Wildman–Crippen LogP) is 1.25. The molecule has 0 aromatic carbocycles. The van der Waals surface area contributed by atoms with Crippen molar-refractivity contribution in [3.63, 3.8) is 0 Å². The second-order valence-corrected chi connectivity index (χ2v) is 5.70. The number of rotatable bonds is 4. The smallest absolute Gasteiger partial charge is 0.215 e. The van der Waals surface area contributed by atoms with Gasteiger partial charge in [-0.1, -0.05) is 23.2 Å². The Hall–Kier alpha value is -1.97. The molecule has 108 valence electrons. The van der Waals surface area contributed by atoms with E-state index in [-0.39, 0.29) is 21.5 Å². The van der Waals surface area contributed by atoms with E-state index in [0.29, 0.717) is 0 Å². The summed E-state index contributed by atoms with van der Waals surface area (Å²) in [5.41, 5.74) is 1.68. The maximum Gasteiger partial charge on any atom is 0.215 e. The first kappa shape index (κ1) is 15.4. The number of nitrogens with zero attached hydrogens (tertiary/aromatic N) is 6. The van der Waals surface area contributed by atoms with Crippen molar-refractivity contribution < 1.29 is 8.42 Å². The molecule has 8 nitrogen and oxygen atoms in total. The third-order valence-corrected chi connectivity index (χ3v) is 4.66. The van der Waals surface area contributed by atoms with E-state index >= 15 is 0 Å². The van der Waals surface area contributed by atoms with E-state index < -0.39 is 9.84 Å². The van der Waals surface area contributed by atoms with Crippen LogP contribution in [0.25, 0.3) is 9.81 Å². The molecule has 0 amide bonds. The van der Waals surface area contributed by atoms with Crippen molar-refractivity contribution in [2.45, 2.75) is 0 Å². The SMILES string of the molecule is O=S(=O)(C(=CCl)c1ncncn1)C(=CCl)c1ncncn1. The lowest BCUT2D eigenvalue weighted by Gasteiger charge is -2.08. The molecule has 0 spiro atoms. The highest BCUT2D eigenvalue weighted by Gasteiger charge is 2.29. The minimum atomic E-state index is -4.12. The molecule has 0 aliphatic heterocycles. The Morgan fingerprint density at radius 3 is 1.43 bits per heavy atom.